The second-order valence-corrected chi connectivity index (χ2v) is 7.99. The zero-order valence-corrected chi connectivity index (χ0v) is 19.2. The number of hydrogen-bond acceptors (Lipinski definition) is 3. The van der Waals surface area contributed by atoms with E-state index >= 15 is 0 Å². The topological polar surface area (TPSA) is 69.2 Å². The number of rotatable bonds is 6. The van der Waals surface area contributed by atoms with Gasteiger partial charge in [0.15, 0.2) is 0 Å². The molecule has 0 atom stereocenters. The molecule has 0 N–H and O–H groups in total. The van der Waals surface area contributed by atoms with Crippen molar-refractivity contribution < 1.29 is 34.7 Å². The van der Waals surface area contributed by atoms with Crippen molar-refractivity contribution in [3.63, 3.8) is 0 Å². The van der Waals surface area contributed by atoms with E-state index in [1.165, 1.54) is 19.4 Å². The normalized spacial score (nSPS) is 11.3. The van der Waals surface area contributed by atoms with Crippen LogP contribution in [-0.4, -0.2) is 19.8 Å². The van der Waals surface area contributed by atoms with Crippen LogP contribution in [0.2, 0.25) is 0 Å². The first-order valence-electron chi connectivity index (χ1n) is 8.30. The number of halogens is 1. The second-order valence-electron chi connectivity index (χ2n) is 7.99. The molecular formula is C18H39ClO3Ti. The van der Waals surface area contributed by atoms with Crippen molar-refractivity contribution in [3.8, 4) is 0 Å². The summed E-state index contributed by atoms with van der Waals surface area (Å²) in [5.74, 6) is 0. The Kier molecular flexibility index (Phi) is 24.3. The van der Waals surface area contributed by atoms with E-state index in [9.17, 15) is 15.3 Å². The maximum atomic E-state index is 10.2. The summed E-state index contributed by atoms with van der Waals surface area (Å²) in [6.07, 6.45) is 2.95. The van der Waals surface area contributed by atoms with Crippen LogP contribution in [0.4, 0.5) is 0 Å². The van der Waals surface area contributed by atoms with Crippen molar-refractivity contribution in [2.75, 3.05) is 19.8 Å². The molecule has 0 aromatic carbocycles. The van der Waals surface area contributed by atoms with E-state index in [1.807, 2.05) is 62.3 Å². The van der Waals surface area contributed by atoms with Crippen molar-refractivity contribution in [1.82, 2.24) is 0 Å². The molecule has 0 aliphatic heterocycles. The fourth-order valence-corrected chi connectivity index (χ4v) is 0.306. The summed E-state index contributed by atoms with van der Waals surface area (Å²) < 4.78 is 0. The molecule has 5 heteroatoms. The molecule has 0 bridgehead atoms. The van der Waals surface area contributed by atoms with Crippen LogP contribution in [0.3, 0.4) is 0 Å². The average Bonchev–Trinajstić information content (AvgIpc) is 2.57. The minimum absolute atomic E-state index is 0.0278. The first-order chi connectivity index (χ1) is 10.4. The Morgan fingerprint density at radius 3 is 0.696 bits per heavy atom. The summed E-state index contributed by atoms with van der Waals surface area (Å²) in [4.78, 5) is 0. The maximum absolute atomic E-state index is 10.2. The predicted molar refractivity (Wildman–Crippen MR) is 92.7 cm³/mol. The molecule has 0 spiro atoms. The van der Waals surface area contributed by atoms with Crippen LogP contribution < -0.4 is 15.3 Å². The van der Waals surface area contributed by atoms with E-state index in [0.29, 0.717) is 0 Å². The van der Waals surface area contributed by atoms with Crippen LogP contribution >= 0.6 is 9.30 Å². The SMILES string of the molecule is CCC(C)(C)C[O-].CCC(C)(C)C[O-].CCC(C)(C)C[O-].[Cl][Ti+3]. The summed E-state index contributed by atoms with van der Waals surface area (Å²) in [6.45, 7) is 18.2. The molecule has 0 rings (SSSR count). The van der Waals surface area contributed by atoms with E-state index < -0.39 is 0 Å². The summed E-state index contributed by atoms with van der Waals surface area (Å²) >= 11 is 1.47. The number of hydrogen-bond donors (Lipinski definition) is 0. The van der Waals surface area contributed by atoms with Crippen molar-refractivity contribution in [2.24, 2.45) is 16.2 Å². The molecule has 0 amide bonds. The third kappa shape index (κ3) is 28.0. The quantitative estimate of drug-likeness (QED) is 0.659. The van der Waals surface area contributed by atoms with Crippen LogP contribution in [0.15, 0.2) is 0 Å². The van der Waals surface area contributed by atoms with Crippen LogP contribution in [0.1, 0.15) is 81.6 Å². The van der Waals surface area contributed by atoms with Crippen molar-refractivity contribution in [1.29, 1.82) is 0 Å². The molecule has 3 nitrogen and oxygen atoms in total. The first kappa shape index (κ1) is 31.6. The molecule has 0 radical (unpaired) electrons. The van der Waals surface area contributed by atoms with Gasteiger partial charge in [0.25, 0.3) is 0 Å². The summed E-state index contributed by atoms with van der Waals surface area (Å²) in [5.41, 5.74) is 0.0833. The van der Waals surface area contributed by atoms with Gasteiger partial charge in [-0.3, -0.25) is 0 Å². The van der Waals surface area contributed by atoms with E-state index in [0.717, 1.165) is 19.3 Å². The second kappa shape index (κ2) is 17.7. The van der Waals surface area contributed by atoms with Gasteiger partial charge in [0.1, 0.15) is 0 Å². The van der Waals surface area contributed by atoms with Gasteiger partial charge in [-0.2, -0.15) is 0 Å². The average molecular weight is 387 g/mol. The molecular weight excluding hydrogens is 348 g/mol. The monoisotopic (exact) mass is 386 g/mol. The predicted octanol–water partition coefficient (Wildman–Crippen LogP) is 3.04. The van der Waals surface area contributed by atoms with Crippen LogP contribution in [0.25, 0.3) is 0 Å². The van der Waals surface area contributed by atoms with E-state index in [4.69, 9.17) is 0 Å². The Balaban J connectivity index is -0.000000111. The van der Waals surface area contributed by atoms with Gasteiger partial charge < -0.3 is 15.3 Å². The van der Waals surface area contributed by atoms with Gasteiger partial charge in [-0.15, -0.1) is 19.8 Å². The van der Waals surface area contributed by atoms with Crippen molar-refractivity contribution in [3.05, 3.63) is 0 Å². The Morgan fingerprint density at radius 1 is 0.565 bits per heavy atom. The van der Waals surface area contributed by atoms with Crippen molar-refractivity contribution >= 4 is 9.30 Å². The van der Waals surface area contributed by atoms with E-state index in [-0.39, 0.29) is 36.1 Å². The van der Waals surface area contributed by atoms with Gasteiger partial charge in [-0.05, 0) is 0 Å². The van der Waals surface area contributed by atoms with Gasteiger partial charge >= 0.3 is 28.7 Å². The fourth-order valence-electron chi connectivity index (χ4n) is 0.306. The zero-order valence-electron chi connectivity index (χ0n) is 16.8. The standard InChI is InChI=1S/3C6H13O.ClH.Ti/c3*1-4-6(2,3)5-7;;/h3*4-5H2,1-3H3;1H;/q3*-1;;+4/p-1. The third-order valence-corrected chi connectivity index (χ3v) is 4.04. The Morgan fingerprint density at radius 2 is 0.696 bits per heavy atom. The van der Waals surface area contributed by atoms with Gasteiger partial charge in [0, 0.05) is 0 Å². The van der Waals surface area contributed by atoms with Gasteiger partial charge in [-0.1, -0.05) is 97.8 Å². The summed E-state index contributed by atoms with van der Waals surface area (Å²) in [6, 6.07) is 0. The summed E-state index contributed by atoms with van der Waals surface area (Å²) in [5, 5.41) is 30.5. The van der Waals surface area contributed by atoms with Crippen LogP contribution in [0.5, 0.6) is 0 Å². The Bertz CT molecular complexity index is 176. The molecule has 0 aliphatic rings. The summed E-state index contributed by atoms with van der Waals surface area (Å²) in [7, 11) is 4.64. The molecule has 0 unspecified atom stereocenters. The third-order valence-electron chi connectivity index (χ3n) is 4.04. The minimum atomic E-state index is 0.0278. The molecule has 140 valence electrons. The molecule has 0 aromatic heterocycles. The molecule has 0 saturated carbocycles. The molecule has 0 aromatic rings. The van der Waals surface area contributed by atoms with Gasteiger partial charge in [0.05, 0.1) is 0 Å². The Hall–Kier alpha value is 0.884. The van der Waals surface area contributed by atoms with Crippen molar-refractivity contribution in [2.45, 2.75) is 81.6 Å². The molecule has 23 heavy (non-hydrogen) atoms. The van der Waals surface area contributed by atoms with Gasteiger partial charge in [0.2, 0.25) is 0 Å². The Labute approximate surface area is 161 Å². The van der Waals surface area contributed by atoms with Crippen LogP contribution in [-0.2, 0) is 19.4 Å². The molecule has 0 saturated heterocycles. The first-order valence-corrected chi connectivity index (χ1v) is 10.4. The fraction of sp³-hybridized carbons (Fsp3) is 1.00. The molecule has 0 aliphatic carbocycles. The molecule has 0 heterocycles. The van der Waals surface area contributed by atoms with Gasteiger partial charge in [-0.25, -0.2) is 0 Å². The van der Waals surface area contributed by atoms with E-state index in [2.05, 4.69) is 9.30 Å². The van der Waals surface area contributed by atoms with Crippen LogP contribution in [0, 0.1) is 16.2 Å². The molecule has 0 fully saturated rings. The zero-order chi connectivity index (χ0) is 19.7. The van der Waals surface area contributed by atoms with E-state index in [1.54, 1.807) is 0 Å².